The molecule has 0 saturated carbocycles. The van der Waals surface area contributed by atoms with Crippen LogP contribution in [0.4, 0.5) is 17.1 Å². The van der Waals surface area contributed by atoms with E-state index in [0.717, 1.165) is 28.1 Å². The summed E-state index contributed by atoms with van der Waals surface area (Å²) in [6.07, 6.45) is 1.70. The fraction of sp³-hybridized carbons (Fsp3) is 0. The summed E-state index contributed by atoms with van der Waals surface area (Å²) in [6.45, 7) is 0. The third kappa shape index (κ3) is 3.35. The molecular formula is C20H16N4O. The number of rotatable bonds is 4. The molecule has 0 saturated heterocycles. The van der Waals surface area contributed by atoms with E-state index in [1.807, 2.05) is 66.7 Å². The summed E-state index contributed by atoms with van der Waals surface area (Å²) in [4.78, 5) is 19.7. The van der Waals surface area contributed by atoms with Gasteiger partial charge < -0.3 is 15.6 Å². The number of fused-ring (bicyclic) bond motifs is 1. The maximum atomic E-state index is 12.4. The first-order chi connectivity index (χ1) is 12.3. The van der Waals surface area contributed by atoms with E-state index < -0.39 is 0 Å². The SMILES string of the molecule is O=C(Nc1ccc(Nc2ccccc2)cc1)c1cc2ncccc2[nH]1. The number of anilines is 3. The minimum absolute atomic E-state index is 0.193. The first-order valence-electron chi connectivity index (χ1n) is 7.95. The number of carbonyl (C=O) groups is 1. The van der Waals surface area contributed by atoms with Gasteiger partial charge in [-0.1, -0.05) is 18.2 Å². The number of aromatic amines is 1. The maximum absolute atomic E-state index is 12.4. The van der Waals surface area contributed by atoms with E-state index in [4.69, 9.17) is 0 Å². The first kappa shape index (κ1) is 15.0. The summed E-state index contributed by atoms with van der Waals surface area (Å²) in [5.41, 5.74) is 4.81. The van der Waals surface area contributed by atoms with Crippen molar-refractivity contribution in [3.05, 3.63) is 84.7 Å². The molecule has 2 aromatic carbocycles. The van der Waals surface area contributed by atoms with Gasteiger partial charge in [0, 0.05) is 23.3 Å². The molecule has 0 fully saturated rings. The van der Waals surface area contributed by atoms with Gasteiger partial charge in [-0.25, -0.2) is 0 Å². The second-order valence-corrected chi connectivity index (χ2v) is 5.64. The highest BCUT2D eigenvalue weighted by molar-refractivity contribution is 6.05. The van der Waals surface area contributed by atoms with Gasteiger partial charge in [-0.2, -0.15) is 0 Å². The number of H-pyrrole nitrogens is 1. The molecule has 2 aromatic heterocycles. The van der Waals surface area contributed by atoms with Crippen molar-refractivity contribution in [2.45, 2.75) is 0 Å². The Morgan fingerprint density at radius 3 is 2.32 bits per heavy atom. The third-order valence-corrected chi connectivity index (χ3v) is 3.84. The molecule has 0 aliphatic rings. The Hall–Kier alpha value is -3.60. The molecule has 122 valence electrons. The predicted octanol–water partition coefficient (Wildman–Crippen LogP) is 4.56. The highest BCUT2D eigenvalue weighted by atomic mass is 16.1. The monoisotopic (exact) mass is 328 g/mol. The van der Waals surface area contributed by atoms with Crippen molar-refractivity contribution in [1.82, 2.24) is 9.97 Å². The van der Waals surface area contributed by atoms with E-state index in [2.05, 4.69) is 20.6 Å². The lowest BCUT2D eigenvalue weighted by molar-refractivity contribution is 0.102. The number of nitrogens with one attached hydrogen (secondary N) is 3. The quantitative estimate of drug-likeness (QED) is 0.514. The van der Waals surface area contributed by atoms with Crippen molar-refractivity contribution in [3.8, 4) is 0 Å². The molecule has 0 atom stereocenters. The molecule has 25 heavy (non-hydrogen) atoms. The van der Waals surface area contributed by atoms with Crippen LogP contribution in [0.5, 0.6) is 0 Å². The maximum Gasteiger partial charge on any atom is 0.272 e. The summed E-state index contributed by atoms with van der Waals surface area (Å²) in [6, 6.07) is 23.0. The highest BCUT2D eigenvalue weighted by Crippen LogP contribution is 2.19. The number of pyridine rings is 1. The smallest absolute Gasteiger partial charge is 0.272 e. The summed E-state index contributed by atoms with van der Waals surface area (Å²) in [5.74, 6) is -0.193. The van der Waals surface area contributed by atoms with Crippen LogP contribution in [0.2, 0.25) is 0 Å². The van der Waals surface area contributed by atoms with Gasteiger partial charge in [-0.05, 0) is 54.6 Å². The summed E-state index contributed by atoms with van der Waals surface area (Å²) in [5, 5.41) is 6.19. The third-order valence-electron chi connectivity index (χ3n) is 3.84. The van der Waals surface area contributed by atoms with Gasteiger partial charge in [-0.3, -0.25) is 9.78 Å². The van der Waals surface area contributed by atoms with Crippen molar-refractivity contribution >= 4 is 34.0 Å². The van der Waals surface area contributed by atoms with Crippen molar-refractivity contribution in [3.63, 3.8) is 0 Å². The number of carbonyl (C=O) groups excluding carboxylic acids is 1. The second-order valence-electron chi connectivity index (χ2n) is 5.64. The van der Waals surface area contributed by atoms with Crippen LogP contribution in [0.3, 0.4) is 0 Å². The Balaban J connectivity index is 1.46. The number of benzene rings is 2. The van der Waals surface area contributed by atoms with Crippen molar-refractivity contribution in [2.75, 3.05) is 10.6 Å². The Morgan fingerprint density at radius 2 is 1.56 bits per heavy atom. The van der Waals surface area contributed by atoms with Gasteiger partial charge in [0.05, 0.1) is 11.0 Å². The van der Waals surface area contributed by atoms with E-state index in [9.17, 15) is 4.79 Å². The van der Waals surface area contributed by atoms with E-state index in [-0.39, 0.29) is 5.91 Å². The molecule has 5 nitrogen and oxygen atoms in total. The van der Waals surface area contributed by atoms with Gasteiger partial charge in [-0.15, -0.1) is 0 Å². The Labute approximate surface area is 144 Å². The average molecular weight is 328 g/mol. The van der Waals surface area contributed by atoms with Crippen LogP contribution in [0.15, 0.2) is 79.0 Å². The van der Waals surface area contributed by atoms with Gasteiger partial charge >= 0.3 is 0 Å². The molecule has 0 aliphatic heterocycles. The minimum Gasteiger partial charge on any atom is -0.356 e. The van der Waals surface area contributed by atoms with Gasteiger partial charge in [0.1, 0.15) is 5.69 Å². The molecule has 0 bridgehead atoms. The lowest BCUT2D eigenvalue weighted by Gasteiger charge is -2.08. The largest absolute Gasteiger partial charge is 0.356 e. The molecule has 2 heterocycles. The van der Waals surface area contributed by atoms with E-state index in [1.54, 1.807) is 12.3 Å². The number of hydrogen-bond acceptors (Lipinski definition) is 3. The molecular weight excluding hydrogens is 312 g/mol. The molecule has 4 rings (SSSR count). The lowest BCUT2D eigenvalue weighted by Crippen LogP contribution is -2.12. The van der Waals surface area contributed by atoms with Crippen LogP contribution in [0, 0.1) is 0 Å². The Bertz CT molecular complexity index is 974. The van der Waals surface area contributed by atoms with Crippen molar-refractivity contribution < 1.29 is 4.79 Å². The molecule has 0 spiro atoms. The molecule has 4 aromatic rings. The van der Waals surface area contributed by atoms with Crippen LogP contribution in [-0.2, 0) is 0 Å². The van der Waals surface area contributed by atoms with Crippen molar-refractivity contribution in [1.29, 1.82) is 0 Å². The van der Waals surface area contributed by atoms with Crippen LogP contribution in [-0.4, -0.2) is 15.9 Å². The number of nitrogens with zero attached hydrogens (tertiary/aromatic N) is 1. The van der Waals surface area contributed by atoms with Gasteiger partial charge in [0.15, 0.2) is 0 Å². The fourth-order valence-electron chi connectivity index (χ4n) is 2.60. The van der Waals surface area contributed by atoms with Crippen LogP contribution in [0.25, 0.3) is 11.0 Å². The first-order valence-corrected chi connectivity index (χ1v) is 7.95. The Morgan fingerprint density at radius 1 is 0.840 bits per heavy atom. The van der Waals surface area contributed by atoms with E-state index in [0.29, 0.717) is 5.69 Å². The predicted molar refractivity (Wildman–Crippen MR) is 100 cm³/mol. The highest BCUT2D eigenvalue weighted by Gasteiger charge is 2.10. The minimum atomic E-state index is -0.193. The number of amides is 1. The fourth-order valence-corrected chi connectivity index (χ4v) is 2.60. The zero-order valence-corrected chi connectivity index (χ0v) is 13.4. The Kier molecular flexibility index (Phi) is 3.88. The van der Waals surface area contributed by atoms with Gasteiger partial charge in [0.2, 0.25) is 0 Å². The molecule has 5 heteroatoms. The molecule has 0 aliphatic carbocycles. The van der Waals surface area contributed by atoms with Gasteiger partial charge in [0.25, 0.3) is 5.91 Å². The normalized spacial score (nSPS) is 10.6. The number of aromatic nitrogens is 2. The topological polar surface area (TPSA) is 69.8 Å². The molecule has 0 unspecified atom stereocenters. The van der Waals surface area contributed by atoms with E-state index >= 15 is 0 Å². The van der Waals surface area contributed by atoms with Crippen LogP contribution < -0.4 is 10.6 Å². The zero-order chi connectivity index (χ0) is 17.1. The molecule has 0 radical (unpaired) electrons. The van der Waals surface area contributed by atoms with Crippen molar-refractivity contribution in [2.24, 2.45) is 0 Å². The standard InChI is InChI=1S/C20H16N4O/c25-20(19-13-18-17(24-19)7-4-12-21-18)23-16-10-8-15(9-11-16)22-14-5-2-1-3-6-14/h1-13,22,24H,(H,23,25). The molecule has 1 amide bonds. The number of para-hydroxylation sites is 1. The number of hydrogen-bond donors (Lipinski definition) is 3. The van der Waals surface area contributed by atoms with E-state index in [1.165, 1.54) is 0 Å². The summed E-state index contributed by atoms with van der Waals surface area (Å²) >= 11 is 0. The molecule has 3 N–H and O–H groups in total. The summed E-state index contributed by atoms with van der Waals surface area (Å²) in [7, 11) is 0. The zero-order valence-electron chi connectivity index (χ0n) is 13.4. The van der Waals surface area contributed by atoms with Crippen LogP contribution in [0.1, 0.15) is 10.5 Å². The average Bonchev–Trinajstić information content (AvgIpc) is 3.09. The summed E-state index contributed by atoms with van der Waals surface area (Å²) < 4.78 is 0. The lowest BCUT2D eigenvalue weighted by atomic mass is 10.2. The second kappa shape index (κ2) is 6.49. The van der Waals surface area contributed by atoms with Crippen LogP contribution >= 0.6 is 0 Å².